The van der Waals surface area contributed by atoms with Gasteiger partial charge in [0.1, 0.15) is 6.10 Å². The first kappa shape index (κ1) is 23.1. The number of carbonyl (C=O) groups excluding carboxylic acids is 1. The van der Waals surface area contributed by atoms with Crippen LogP contribution in [-0.2, 0) is 9.53 Å². The minimum atomic E-state index is -0.967. The Balaban J connectivity index is 1.57. The summed E-state index contributed by atoms with van der Waals surface area (Å²) < 4.78 is 11.0. The van der Waals surface area contributed by atoms with Gasteiger partial charge >= 0.3 is 11.6 Å². The second-order valence-corrected chi connectivity index (χ2v) is 11.9. The van der Waals surface area contributed by atoms with E-state index in [-0.39, 0.29) is 29.3 Å². The average molecular weight is 459 g/mol. The topological polar surface area (TPSA) is 97.0 Å². The van der Waals surface area contributed by atoms with E-state index in [4.69, 9.17) is 9.15 Å². The Morgan fingerprint density at radius 2 is 1.91 bits per heavy atom. The predicted octanol–water partition coefficient (Wildman–Crippen LogP) is 4.17. The quantitative estimate of drug-likeness (QED) is 0.646. The molecular weight excluding hydrogens is 420 g/mol. The molecule has 6 heteroatoms. The Morgan fingerprint density at radius 3 is 2.61 bits per heavy atom. The first-order valence-corrected chi connectivity index (χ1v) is 12.7. The maximum atomic E-state index is 12.6. The first-order valence-electron chi connectivity index (χ1n) is 12.7. The van der Waals surface area contributed by atoms with Gasteiger partial charge in [0.15, 0.2) is 0 Å². The second-order valence-electron chi connectivity index (χ2n) is 11.9. The summed E-state index contributed by atoms with van der Waals surface area (Å²) in [5.74, 6) is 0.436. The van der Waals surface area contributed by atoms with E-state index in [9.17, 15) is 19.8 Å². The molecule has 0 aromatic carbocycles. The van der Waals surface area contributed by atoms with Gasteiger partial charge in [-0.15, -0.1) is 0 Å². The normalized spacial score (nSPS) is 47.1. The standard InChI is InChI=1S/C27H38O6/c1-16(28)33-22-14-27(31)21-6-4-5-18-13-19(29)9-11-25(18,2)20(21)10-12-26(27,3)24(22)17-7-8-23(30)32-15-17/h7-8,15,18-22,24,29,31H,4-6,9-14H2,1-3H3/t18-,19+,20+,21+,22+,24+,25+,26-,27+/m1/s1. The van der Waals surface area contributed by atoms with E-state index in [1.54, 1.807) is 6.07 Å². The molecule has 182 valence electrons. The summed E-state index contributed by atoms with van der Waals surface area (Å²) in [5, 5.41) is 22.9. The highest BCUT2D eigenvalue weighted by Gasteiger charge is 2.69. The van der Waals surface area contributed by atoms with Crippen LogP contribution in [-0.4, -0.2) is 34.0 Å². The minimum absolute atomic E-state index is 0.117. The monoisotopic (exact) mass is 458 g/mol. The lowest BCUT2D eigenvalue weighted by Crippen LogP contribution is -2.59. The number of fused-ring (bicyclic) bond motifs is 5. The van der Waals surface area contributed by atoms with E-state index >= 15 is 0 Å². The van der Waals surface area contributed by atoms with Gasteiger partial charge in [-0.2, -0.15) is 0 Å². The summed E-state index contributed by atoms with van der Waals surface area (Å²) in [6.45, 7) is 5.97. The van der Waals surface area contributed by atoms with Gasteiger partial charge in [0.05, 0.1) is 18.0 Å². The third-order valence-corrected chi connectivity index (χ3v) is 10.5. The molecule has 1 aromatic rings. The number of rotatable bonds is 2. The Morgan fingerprint density at radius 1 is 1.12 bits per heavy atom. The van der Waals surface area contributed by atoms with E-state index in [1.165, 1.54) is 19.3 Å². The van der Waals surface area contributed by atoms with Crippen molar-refractivity contribution in [1.29, 1.82) is 0 Å². The van der Waals surface area contributed by atoms with Gasteiger partial charge in [0, 0.05) is 30.7 Å². The minimum Gasteiger partial charge on any atom is -0.462 e. The van der Waals surface area contributed by atoms with Crippen LogP contribution in [0.2, 0.25) is 0 Å². The lowest BCUT2D eigenvalue weighted by atomic mass is 9.47. The molecule has 4 saturated carbocycles. The Hall–Kier alpha value is -1.66. The molecule has 4 aliphatic rings. The molecule has 6 nitrogen and oxygen atoms in total. The SMILES string of the molecule is CC(=O)O[C@H]1C[C@]2(O)[C@H]3CCC[C@@H]4C[C@@H](O)CC[C@]4(C)[C@H]3CC[C@]2(C)[C@H]1c1ccc(=O)oc1. The van der Waals surface area contributed by atoms with Crippen molar-refractivity contribution in [3.05, 3.63) is 34.4 Å². The zero-order chi connectivity index (χ0) is 23.6. The van der Waals surface area contributed by atoms with Crippen LogP contribution < -0.4 is 5.63 Å². The summed E-state index contributed by atoms with van der Waals surface area (Å²) in [6.07, 6.45) is 8.93. The molecule has 0 radical (unpaired) electrons. The molecular formula is C27H38O6. The van der Waals surface area contributed by atoms with E-state index in [1.807, 2.05) is 0 Å². The highest BCUT2D eigenvalue weighted by molar-refractivity contribution is 5.66. The number of aliphatic hydroxyl groups is 2. The van der Waals surface area contributed by atoms with Crippen LogP contribution in [0.1, 0.15) is 90.0 Å². The van der Waals surface area contributed by atoms with Crippen LogP contribution >= 0.6 is 0 Å². The van der Waals surface area contributed by atoms with Gasteiger partial charge in [-0.1, -0.05) is 20.3 Å². The maximum absolute atomic E-state index is 12.6. The molecule has 33 heavy (non-hydrogen) atoms. The van der Waals surface area contributed by atoms with Gasteiger partial charge in [0.25, 0.3) is 0 Å². The van der Waals surface area contributed by atoms with Crippen molar-refractivity contribution < 1.29 is 24.2 Å². The molecule has 9 atom stereocenters. The van der Waals surface area contributed by atoms with Gasteiger partial charge in [-0.3, -0.25) is 4.79 Å². The number of carbonyl (C=O) groups is 1. The summed E-state index contributed by atoms with van der Waals surface area (Å²) in [7, 11) is 0. The molecule has 1 heterocycles. The van der Waals surface area contributed by atoms with Gasteiger partial charge in [-0.25, -0.2) is 4.79 Å². The van der Waals surface area contributed by atoms with E-state index in [0.717, 1.165) is 56.9 Å². The van der Waals surface area contributed by atoms with Gasteiger partial charge in [0.2, 0.25) is 0 Å². The Labute approximate surface area is 195 Å². The molecule has 0 spiro atoms. The zero-order valence-electron chi connectivity index (χ0n) is 20.1. The second kappa shape index (κ2) is 7.94. The third-order valence-electron chi connectivity index (χ3n) is 10.5. The maximum Gasteiger partial charge on any atom is 0.335 e. The molecule has 5 rings (SSSR count). The third kappa shape index (κ3) is 3.43. The highest BCUT2D eigenvalue weighted by atomic mass is 16.5. The van der Waals surface area contributed by atoms with Crippen molar-refractivity contribution in [3.8, 4) is 0 Å². The van der Waals surface area contributed by atoms with Crippen LogP contribution in [0.15, 0.2) is 27.6 Å². The molecule has 2 N–H and O–H groups in total. The summed E-state index contributed by atoms with van der Waals surface area (Å²) in [4.78, 5) is 23.7. The molecule has 4 fully saturated rings. The highest BCUT2D eigenvalue weighted by Crippen LogP contribution is 2.70. The fourth-order valence-electron chi connectivity index (χ4n) is 8.87. The van der Waals surface area contributed by atoms with Crippen LogP contribution in [0.5, 0.6) is 0 Å². The molecule has 4 aliphatic carbocycles. The predicted molar refractivity (Wildman–Crippen MR) is 122 cm³/mol. The molecule has 0 unspecified atom stereocenters. The van der Waals surface area contributed by atoms with Crippen molar-refractivity contribution in [2.75, 3.05) is 0 Å². The largest absolute Gasteiger partial charge is 0.462 e. The average Bonchev–Trinajstić information content (AvgIpc) is 2.87. The number of hydrogen-bond donors (Lipinski definition) is 2. The smallest absolute Gasteiger partial charge is 0.335 e. The van der Waals surface area contributed by atoms with Crippen LogP contribution in [0.25, 0.3) is 0 Å². The Kier molecular flexibility index (Phi) is 5.56. The molecule has 0 aliphatic heterocycles. The summed E-state index contributed by atoms with van der Waals surface area (Å²) >= 11 is 0. The number of esters is 1. The molecule has 1 aromatic heterocycles. The zero-order valence-corrected chi connectivity index (χ0v) is 20.1. The summed E-state index contributed by atoms with van der Waals surface area (Å²) in [5.41, 5.74) is -0.932. The van der Waals surface area contributed by atoms with Crippen LogP contribution in [0.4, 0.5) is 0 Å². The van der Waals surface area contributed by atoms with E-state index < -0.39 is 22.7 Å². The van der Waals surface area contributed by atoms with Crippen molar-refractivity contribution in [2.24, 2.45) is 28.6 Å². The molecule has 0 saturated heterocycles. The van der Waals surface area contributed by atoms with Crippen LogP contribution in [0.3, 0.4) is 0 Å². The Bertz CT molecular complexity index is 951. The van der Waals surface area contributed by atoms with Crippen LogP contribution in [0, 0.1) is 28.6 Å². The van der Waals surface area contributed by atoms with Crippen molar-refractivity contribution in [2.45, 2.75) is 102 Å². The number of hydrogen-bond acceptors (Lipinski definition) is 6. The van der Waals surface area contributed by atoms with Crippen molar-refractivity contribution in [1.82, 2.24) is 0 Å². The van der Waals surface area contributed by atoms with E-state index in [0.29, 0.717) is 18.3 Å². The lowest BCUT2D eigenvalue weighted by molar-refractivity contribution is -0.180. The fourth-order valence-corrected chi connectivity index (χ4v) is 8.87. The molecule has 0 amide bonds. The first-order chi connectivity index (χ1) is 15.6. The van der Waals surface area contributed by atoms with Gasteiger partial charge in [-0.05, 0) is 79.7 Å². The van der Waals surface area contributed by atoms with Crippen molar-refractivity contribution >= 4 is 5.97 Å². The fraction of sp³-hybridized carbons (Fsp3) is 0.778. The number of ether oxygens (including phenoxy) is 1. The number of aliphatic hydroxyl groups excluding tert-OH is 1. The molecule has 0 bridgehead atoms. The lowest BCUT2D eigenvalue weighted by Gasteiger charge is -2.59. The van der Waals surface area contributed by atoms with E-state index in [2.05, 4.69) is 13.8 Å². The van der Waals surface area contributed by atoms with Crippen molar-refractivity contribution in [3.63, 3.8) is 0 Å². The van der Waals surface area contributed by atoms with Gasteiger partial charge < -0.3 is 19.4 Å². The summed E-state index contributed by atoms with van der Waals surface area (Å²) in [6, 6.07) is 3.18.